The zero-order valence-electron chi connectivity index (χ0n) is 11.1. The summed E-state index contributed by atoms with van der Waals surface area (Å²) in [6.07, 6.45) is 8.46. The molecule has 1 N–H and O–H groups in total. The molecule has 2 unspecified atom stereocenters. The van der Waals surface area contributed by atoms with Gasteiger partial charge in [0.2, 0.25) is 0 Å². The molecule has 0 radical (unpaired) electrons. The second-order valence-electron chi connectivity index (χ2n) is 6.65. The predicted octanol–water partition coefficient (Wildman–Crippen LogP) is 3.18. The van der Waals surface area contributed by atoms with Crippen molar-refractivity contribution in [1.29, 1.82) is 0 Å². The Bertz CT molecular complexity index is 402. The summed E-state index contributed by atoms with van der Waals surface area (Å²) in [5.74, 6) is 2.81. The Balaban J connectivity index is 1.54. The van der Waals surface area contributed by atoms with Gasteiger partial charge in [-0.2, -0.15) is 0 Å². The molecule has 0 amide bonds. The van der Waals surface area contributed by atoms with Crippen LogP contribution in [0.25, 0.3) is 0 Å². The molecular formula is C17H23N. The van der Waals surface area contributed by atoms with E-state index in [0.717, 1.165) is 23.8 Å². The molecule has 1 nitrogen and oxygen atoms in total. The average molecular weight is 241 g/mol. The molecule has 1 aromatic rings. The van der Waals surface area contributed by atoms with E-state index in [2.05, 4.69) is 29.6 Å². The second-order valence-corrected chi connectivity index (χ2v) is 6.65. The van der Waals surface area contributed by atoms with Gasteiger partial charge in [0.15, 0.2) is 0 Å². The lowest BCUT2D eigenvalue weighted by atomic mass is 9.94. The Kier molecular flexibility index (Phi) is 2.69. The monoisotopic (exact) mass is 241 g/mol. The van der Waals surface area contributed by atoms with Crippen molar-refractivity contribution in [1.82, 2.24) is 5.32 Å². The summed E-state index contributed by atoms with van der Waals surface area (Å²) in [5.41, 5.74) is 3.26. The highest BCUT2D eigenvalue weighted by Gasteiger charge is 2.39. The fourth-order valence-electron chi connectivity index (χ4n) is 4.11. The summed E-state index contributed by atoms with van der Waals surface area (Å²) in [7, 11) is 0. The summed E-state index contributed by atoms with van der Waals surface area (Å²) >= 11 is 0. The third-order valence-corrected chi connectivity index (χ3v) is 5.35. The third-order valence-electron chi connectivity index (χ3n) is 5.35. The van der Waals surface area contributed by atoms with E-state index in [1.807, 2.05) is 0 Å². The lowest BCUT2D eigenvalue weighted by Gasteiger charge is -2.23. The first-order valence-electron chi connectivity index (χ1n) is 7.70. The number of benzene rings is 1. The van der Waals surface area contributed by atoms with Crippen molar-refractivity contribution in [3.8, 4) is 0 Å². The van der Waals surface area contributed by atoms with Crippen molar-refractivity contribution in [2.45, 2.75) is 44.6 Å². The van der Waals surface area contributed by atoms with Crippen molar-refractivity contribution in [3.63, 3.8) is 0 Å². The minimum atomic E-state index is 0.804. The van der Waals surface area contributed by atoms with E-state index in [4.69, 9.17) is 0 Å². The van der Waals surface area contributed by atoms with Crippen LogP contribution in [0, 0.1) is 17.8 Å². The standard InChI is InChI=1S/C17H23N/c1-2-4-14-10-16-8-7-15(9-13(14)3-1)17(16)18-11-12-5-6-12/h1-4,12,15-18H,5-11H2. The summed E-state index contributed by atoms with van der Waals surface area (Å²) in [5, 5.41) is 3.92. The number of hydrogen-bond acceptors (Lipinski definition) is 1. The van der Waals surface area contributed by atoms with Crippen LogP contribution in [0.5, 0.6) is 0 Å². The van der Waals surface area contributed by atoms with Gasteiger partial charge in [-0.1, -0.05) is 24.3 Å². The zero-order valence-corrected chi connectivity index (χ0v) is 11.1. The minimum absolute atomic E-state index is 0.804. The van der Waals surface area contributed by atoms with Crippen molar-refractivity contribution >= 4 is 0 Å². The lowest BCUT2D eigenvalue weighted by molar-refractivity contribution is 0.338. The smallest absolute Gasteiger partial charge is 0.0130 e. The van der Waals surface area contributed by atoms with Gasteiger partial charge >= 0.3 is 0 Å². The second kappa shape index (κ2) is 4.38. The molecule has 2 fully saturated rings. The topological polar surface area (TPSA) is 12.0 Å². The van der Waals surface area contributed by atoms with Crippen molar-refractivity contribution < 1.29 is 0 Å². The van der Waals surface area contributed by atoms with Crippen LogP contribution < -0.4 is 5.32 Å². The fourth-order valence-corrected chi connectivity index (χ4v) is 4.11. The molecule has 0 aromatic heterocycles. The van der Waals surface area contributed by atoms with Gasteiger partial charge in [0.25, 0.3) is 0 Å². The zero-order chi connectivity index (χ0) is 11.9. The highest BCUT2D eigenvalue weighted by molar-refractivity contribution is 5.30. The SMILES string of the molecule is c1ccc2c(c1)CC1CCC(C2)C1NCC1CC1. The summed E-state index contributed by atoms with van der Waals surface area (Å²) < 4.78 is 0. The van der Waals surface area contributed by atoms with Gasteiger partial charge in [-0.05, 0) is 74.0 Å². The van der Waals surface area contributed by atoms with Gasteiger partial charge in [0.1, 0.15) is 0 Å². The van der Waals surface area contributed by atoms with E-state index in [9.17, 15) is 0 Å². The first-order valence-corrected chi connectivity index (χ1v) is 7.70. The van der Waals surface area contributed by atoms with Crippen LogP contribution in [-0.2, 0) is 12.8 Å². The van der Waals surface area contributed by atoms with E-state index in [-0.39, 0.29) is 0 Å². The Hall–Kier alpha value is -0.820. The Morgan fingerprint density at radius 3 is 2.06 bits per heavy atom. The van der Waals surface area contributed by atoms with E-state index >= 15 is 0 Å². The van der Waals surface area contributed by atoms with E-state index < -0.39 is 0 Å². The summed E-state index contributed by atoms with van der Waals surface area (Å²) in [6.45, 7) is 1.29. The minimum Gasteiger partial charge on any atom is -0.313 e. The first kappa shape index (κ1) is 11.0. The molecule has 4 rings (SSSR count). The molecule has 3 aliphatic rings. The summed E-state index contributed by atoms with van der Waals surface area (Å²) in [4.78, 5) is 0. The van der Waals surface area contributed by atoms with Crippen LogP contribution in [-0.4, -0.2) is 12.6 Å². The fraction of sp³-hybridized carbons (Fsp3) is 0.647. The quantitative estimate of drug-likeness (QED) is 0.857. The molecule has 0 heterocycles. The van der Waals surface area contributed by atoms with Crippen molar-refractivity contribution in [2.24, 2.45) is 17.8 Å². The molecule has 0 aliphatic heterocycles. The number of nitrogens with one attached hydrogen (secondary N) is 1. The van der Waals surface area contributed by atoms with Gasteiger partial charge in [-0.3, -0.25) is 0 Å². The highest BCUT2D eigenvalue weighted by Crippen LogP contribution is 2.40. The molecule has 2 atom stereocenters. The number of fused-ring (bicyclic) bond motifs is 3. The molecule has 2 bridgehead atoms. The molecule has 18 heavy (non-hydrogen) atoms. The van der Waals surface area contributed by atoms with E-state index in [1.54, 1.807) is 11.1 Å². The van der Waals surface area contributed by atoms with Crippen molar-refractivity contribution in [2.75, 3.05) is 6.54 Å². The number of rotatable bonds is 3. The predicted molar refractivity (Wildman–Crippen MR) is 74.6 cm³/mol. The molecule has 1 heteroatoms. The summed E-state index contributed by atoms with van der Waals surface area (Å²) in [6, 6.07) is 9.94. The maximum atomic E-state index is 3.92. The van der Waals surface area contributed by atoms with Crippen LogP contribution in [0.2, 0.25) is 0 Å². The van der Waals surface area contributed by atoms with Gasteiger partial charge in [-0.15, -0.1) is 0 Å². The molecule has 0 spiro atoms. The average Bonchev–Trinajstić information content (AvgIpc) is 3.13. The largest absolute Gasteiger partial charge is 0.313 e. The third kappa shape index (κ3) is 1.99. The molecule has 96 valence electrons. The normalized spacial score (nSPS) is 34.1. The lowest BCUT2D eigenvalue weighted by Crippen LogP contribution is -2.39. The van der Waals surface area contributed by atoms with Crippen LogP contribution >= 0.6 is 0 Å². The Labute approximate surface area is 110 Å². The van der Waals surface area contributed by atoms with Crippen molar-refractivity contribution in [3.05, 3.63) is 35.4 Å². The first-order chi connectivity index (χ1) is 8.90. The van der Waals surface area contributed by atoms with E-state index in [0.29, 0.717) is 0 Å². The van der Waals surface area contributed by atoms with Crippen LogP contribution in [0.15, 0.2) is 24.3 Å². The van der Waals surface area contributed by atoms with E-state index in [1.165, 1.54) is 45.1 Å². The molecular weight excluding hydrogens is 218 g/mol. The maximum Gasteiger partial charge on any atom is 0.0130 e. The Morgan fingerprint density at radius 2 is 1.50 bits per heavy atom. The number of hydrogen-bond donors (Lipinski definition) is 1. The van der Waals surface area contributed by atoms with Gasteiger partial charge in [0, 0.05) is 6.04 Å². The van der Waals surface area contributed by atoms with Gasteiger partial charge in [-0.25, -0.2) is 0 Å². The maximum absolute atomic E-state index is 3.92. The van der Waals surface area contributed by atoms with Gasteiger partial charge < -0.3 is 5.32 Å². The van der Waals surface area contributed by atoms with Crippen LogP contribution in [0.4, 0.5) is 0 Å². The highest BCUT2D eigenvalue weighted by atomic mass is 14.9. The molecule has 2 saturated carbocycles. The van der Waals surface area contributed by atoms with Crippen LogP contribution in [0.3, 0.4) is 0 Å². The van der Waals surface area contributed by atoms with Crippen LogP contribution in [0.1, 0.15) is 36.8 Å². The Morgan fingerprint density at radius 1 is 0.889 bits per heavy atom. The molecule has 0 saturated heterocycles. The molecule has 3 aliphatic carbocycles. The van der Waals surface area contributed by atoms with Gasteiger partial charge in [0.05, 0.1) is 0 Å². The molecule has 1 aromatic carbocycles.